The van der Waals surface area contributed by atoms with Crippen molar-refractivity contribution in [1.82, 2.24) is 0 Å². The van der Waals surface area contributed by atoms with Crippen molar-refractivity contribution >= 4 is 5.97 Å². The Bertz CT molecular complexity index is 751. The molecule has 10 bridgehead atoms. The molecule has 10 rings (SSSR count). The van der Waals surface area contributed by atoms with Crippen molar-refractivity contribution in [3.05, 3.63) is 12.2 Å². The van der Waals surface area contributed by atoms with E-state index in [4.69, 9.17) is 4.74 Å². The molecule has 3 atom stereocenters. The summed E-state index contributed by atoms with van der Waals surface area (Å²) in [6, 6.07) is 0. The minimum absolute atomic E-state index is 0.146. The Morgan fingerprint density at radius 2 is 1.12 bits per heavy atom. The van der Waals surface area contributed by atoms with Crippen molar-refractivity contribution in [2.75, 3.05) is 0 Å². The zero-order valence-corrected chi connectivity index (χ0v) is 20.1. The van der Waals surface area contributed by atoms with Crippen molar-refractivity contribution < 1.29 is 9.53 Å². The Morgan fingerprint density at radius 1 is 0.688 bits per heavy atom. The molecule has 0 spiro atoms. The number of carbonyl (C=O) groups excluding carboxylic acids is 1. The Hall–Kier alpha value is -0.790. The summed E-state index contributed by atoms with van der Waals surface area (Å²) in [6.45, 7) is 2.52. The van der Waals surface area contributed by atoms with Crippen LogP contribution in [0, 0.1) is 64.1 Å². The van der Waals surface area contributed by atoms with E-state index in [1.165, 1.54) is 83.5 Å². The first-order valence-electron chi connectivity index (χ1n) is 14.3. The number of esters is 1. The van der Waals surface area contributed by atoms with Crippen LogP contribution in [-0.4, -0.2) is 11.6 Å². The second-order valence-corrected chi connectivity index (χ2v) is 14.7. The Balaban J connectivity index is 1.21. The maximum absolute atomic E-state index is 14.0. The molecule has 2 heteroatoms. The third-order valence-corrected chi connectivity index (χ3v) is 13.0. The lowest BCUT2D eigenvalue weighted by Crippen LogP contribution is -2.69. The second kappa shape index (κ2) is 6.25. The fraction of sp³-hybridized carbons (Fsp3) is 0.900. The van der Waals surface area contributed by atoms with Gasteiger partial charge in [0.2, 0.25) is 0 Å². The van der Waals surface area contributed by atoms with Gasteiger partial charge in [-0.2, -0.15) is 0 Å². The summed E-state index contributed by atoms with van der Waals surface area (Å²) in [5.41, 5.74) is 0.321. The van der Waals surface area contributed by atoms with Crippen molar-refractivity contribution in [3.8, 4) is 0 Å². The molecule has 3 unspecified atom stereocenters. The molecule has 0 N–H and O–H groups in total. The van der Waals surface area contributed by atoms with Gasteiger partial charge in [0.1, 0.15) is 5.60 Å². The average molecular weight is 435 g/mol. The zero-order valence-electron chi connectivity index (χ0n) is 20.1. The van der Waals surface area contributed by atoms with Crippen LogP contribution in [0.5, 0.6) is 0 Å². The second-order valence-electron chi connectivity index (χ2n) is 14.7. The minimum atomic E-state index is -0.228. The Labute approximate surface area is 194 Å². The highest BCUT2D eigenvalue weighted by Gasteiger charge is 2.70. The highest BCUT2D eigenvalue weighted by atomic mass is 16.6. The highest BCUT2D eigenvalue weighted by molar-refractivity contribution is 5.75. The normalized spacial score (nSPS) is 57.8. The van der Waals surface area contributed by atoms with Gasteiger partial charge in [-0.25, -0.2) is 0 Å². The van der Waals surface area contributed by atoms with Crippen LogP contribution in [0.15, 0.2) is 12.2 Å². The quantitative estimate of drug-likeness (QED) is 0.354. The average Bonchev–Trinajstić information content (AvgIpc) is 3.35. The van der Waals surface area contributed by atoms with Gasteiger partial charge in [-0.15, -0.1) is 0 Å². The predicted octanol–water partition coefficient (Wildman–Crippen LogP) is 6.93. The first-order chi connectivity index (χ1) is 15.4. The molecule has 0 heterocycles. The zero-order chi connectivity index (χ0) is 21.3. The topological polar surface area (TPSA) is 26.3 Å². The summed E-state index contributed by atoms with van der Waals surface area (Å²) in [5.74, 6) is 6.95. The lowest BCUT2D eigenvalue weighted by molar-refractivity contribution is -0.274. The summed E-state index contributed by atoms with van der Waals surface area (Å²) >= 11 is 0. The van der Waals surface area contributed by atoms with E-state index in [2.05, 4.69) is 19.1 Å². The van der Waals surface area contributed by atoms with Crippen LogP contribution in [0.4, 0.5) is 0 Å². The summed E-state index contributed by atoms with van der Waals surface area (Å²) in [6.07, 6.45) is 24.0. The third-order valence-electron chi connectivity index (χ3n) is 13.0. The first-order valence-corrected chi connectivity index (χ1v) is 14.3. The SMILES string of the molecule is CC(OC(=O)C1CC2C=CC1C2)(C12CC3CC(CC(C3)C1)C2)C12CC3CC(CC(C3)C1)C2. The molecule has 2 nitrogen and oxygen atoms in total. The molecule has 9 saturated carbocycles. The van der Waals surface area contributed by atoms with Crippen LogP contribution >= 0.6 is 0 Å². The maximum Gasteiger partial charge on any atom is 0.310 e. The van der Waals surface area contributed by atoms with Crippen LogP contribution in [0.1, 0.15) is 96.8 Å². The minimum Gasteiger partial charge on any atom is -0.458 e. The van der Waals surface area contributed by atoms with Gasteiger partial charge in [0.25, 0.3) is 0 Å². The smallest absolute Gasteiger partial charge is 0.310 e. The monoisotopic (exact) mass is 434 g/mol. The molecule has 0 aromatic rings. The molecule has 0 amide bonds. The highest BCUT2D eigenvalue weighted by Crippen LogP contribution is 2.73. The standard InChI is InChI=1S/C30H42O2/c1-28(32-27(31)26-11-18-2-3-25(26)10-18,29-12-19-4-20(13-29)6-21(5-19)14-29)30-15-22-7-23(16-30)9-24(8-22)17-30/h2-3,18-26H,4-17H2,1H3. The Morgan fingerprint density at radius 3 is 1.47 bits per heavy atom. The molecule has 0 aliphatic heterocycles. The van der Waals surface area contributed by atoms with E-state index in [1.807, 2.05) is 0 Å². The Kier molecular flexibility index (Phi) is 3.81. The van der Waals surface area contributed by atoms with E-state index in [1.54, 1.807) is 0 Å². The number of rotatable bonds is 4. The molecule has 10 aliphatic rings. The summed E-state index contributed by atoms with van der Waals surface area (Å²) in [5, 5.41) is 0. The van der Waals surface area contributed by atoms with Gasteiger partial charge in [-0.1, -0.05) is 12.2 Å². The lowest BCUT2D eigenvalue weighted by Gasteiger charge is -2.70. The number of ether oxygens (including phenoxy) is 1. The molecular formula is C30H42O2. The van der Waals surface area contributed by atoms with E-state index in [0.29, 0.717) is 11.8 Å². The molecule has 0 aromatic carbocycles. The molecule has 32 heavy (non-hydrogen) atoms. The summed E-state index contributed by atoms with van der Waals surface area (Å²) in [7, 11) is 0. The van der Waals surface area contributed by atoms with E-state index < -0.39 is 0 Å². The maximum atomic E-state index is 14.0. The lowest BCUT2D eigenvalue weighted by atomic mass is 9.37. The predicted molar refractivity (Wildman–Crippen MR) is 125 cm³/mol. The van der Waals surface area contributed by atoms with Crippen LogP contribution < -0.4 is 0 Å². The fourth-order valence-electron chi connectivity index (χ4n) is 12.5. The van der Waals surface area contributed by atoms with Gasteiger partial charge >= 0.3 is 5.97 Å². The molecular weight excluding hydrogens is 392 g/mol. The van der Waals surface area contributed by atoms with Gasteiger partial charge in [0.05, 0.1) is 5.92 Å². The molecule has 0 radical (unpaired) electrons. The van der Waals surface area contributed by atoms with Gasteiger partial charge in [-0.3, -0.25) is 4.79 Å². The van der Waals surface area contributed by atoms with E-state index in [-0.39, 0.29) is 28.3 Å². The summed E-state index contributed by atoms with van der Waals surface area (Å²) in [4.78, 5) is 14.0. The largest absolute Gasteiger partial charge is 0.458 e. The number of carbonyl (C=O) groups is 1. The molecule has 0 aromatic heterocycles. The molecule has 0 saturated heterocycles. The first kappa shape index (κ1) is 19.5. The third kappa shape index (κ3) is 2.46. The van der Waals surface area contributed by atoms with Crippen molar-refractivity contribution in [3.63, 3.8) is 0 Å². The van der Waals surface area contributed by atoms with Gasteiger partial charge in [-0.05, 0) is 144 Å². The van der Waals surface area contributed by atoms with Gasteiger partial charge in [0, 0.05) is 10.8 Å². The van der Waals surface area contributed by atoms with Crippen molar-refractivity contribution in [2.45, 2.75) is 102 Å². The van der Waals surface area contributed by atoms with Crippen LogP contribution in [0.25, 0.3) is 0 Å². The molecule has 174 valence electrons. The van der Waals surface area contributed by atoms with Crippen molar-refractivity contribution in [1.29, 1.82) is 0 Å². The van der Waals surface area contributed by atoms with Crippen LogP contribution in [-0.2, 0) is 9.53 Å². The van der Waals surface area contributed by atoms with Crippen molar-refractivity contribution in [2.24, 2.45) is 64.1 Å². The number of hydrogen-bond acceptors (Lipinski definition) is 2. The van der Waals surface area contributed by atoms with Crippen LogP contribution in [0.2, 0.25) is 0 Å². The molecule has 9 fully saturated rings. The van der Waals surface area contributed by atoms with E-state index >= 15 is 0 Å². The van der Waals surface area contributed by atoms with E-state index in [0.717, 1.165) is 41.9 Å². The van der Waals surface area contributed by atoms with Gasteiger partial charge < -0.3 is 4.74 Å². The fourth-order valence-corrected chi connectivity index (χ4v) is 12.5. The van der Waals surface area contributed by atoms with E-state index in [9.17, 15) is 4.79 Å². The molecule has 10 aliphatic carbocycles. The summed E-state index contributed by atoms with van der Waals surface area (Å²) < 4.78 is 7.17. The van der Waals surface area contributed by atoms with Gasteiger partial charge in [0.15, 0.2) is 0 Å². The number of hydrogen-bond donors (Lipinski definition) is 0. The number of allylic oxidation sites excluding steroid dienone is 2. The number of fused-ring (bicyclic) bond motifs is 2. The van der Waals surface area contributed by atoms with Crippen LogP contribution in [0.3, 0.4) is 0 Å².